The zero-order valence-corrected chi connectivity index (χ0v) is 10.6. The Morgan fingerprint density at radius 1 is 1.29 bits per heavy atom. The molecule has 0 aliphatic heterocycles. The first kappa shape index (κ1) is 12.4. The van der Waals surface area contributed by atoms with Crippen molar-refractivity contribution < 1.29 is 9.84 Å². The number of ether oxygens (including phenoxy) is 1. The minimum absolute atomic E-state index is 0.131. The van der Waals surface area contributed by atoms with Crippen LogP contribution in [0, 0.1) is 0 Å². The van der Waals surface area contributed by atoms with Gasteiger partial charge in [-0.25, -0.2) is 0 Å². The van der Waals surface area contributed by atoms with Crippen LogP contribution < -0.4 is 4.74 Å². The van der Waals surface area contributed by atoms with Gasteiger partial charge < -0.3 is 9.84 Å². The van der Waals surface area contributed by atoms with E-state index in [4.69, 9.17) is 4.74 Å². The van der Waals surface area contributed by atoms with Gasteiger partial charge in [0, 0.05) is 0 Å². The normalized spacial score (nSPS) is 24.6. The predicted molar refractivity (Wildman–Crippen MR) is 69.4 cm³/mol. The summed E-state index contributed by atoms with van der Waals surface area (Å²) in [6.45, 7) is 2.89. The molecule has 2 nitrogen and oxygen atoms in total. The molecule has 1 aliphatic carbocycles. The average molecular weight is 234 g/mol. The van der Waals surface area contributed by atoms with Crippen molar-refractivity contribution >= 4 is 0 Å². The summed E-state index contributed by atoms with van der Waals surface area (Å²) in [7, 11) is 0. The van der Waals surface area contributed by atoms with Crippen LogP contribution in [-0.2, 0) is 0 Å². The van der Waals surface area contributed by atoms with E-state index in [1.807, 2.05) is 12.1 Å². The Morgan fingerprint density at radius 2 is 2.12 bits per heavy atom. The number of aliphatic hydroxyl groups is 1. The predicted octanol–water partition coefficient (Wildman–Crippen LogP) is 3.49. The molecule has 2 unspecified atom stereocenters. The molecule has 0 aromatic heterocycles. The van der Waals surface area contributed by atoms with Crippen LogP contribution in [-0.4, -0.2) is 17.8 Å². The summed E-state index contributed by atoms with van der Waals surface area (Å²) >= 11 is 0. The second kappa shape index (κ2) is 6.06. The Labute approximate surface area is 104 Å². The number of benzene rings is 1. The summed E-state index contributed by atoms with van der Waals surface area (Å²) in [5.41, 5.74) is 1.28. The third-order valence-electron chi connectivity index (χ3n) is 3.47. The van der Waals surface area contributed by atoms with Gasteiger partial charge in [0.25, 0.3) is 0 Å². The molecule has 2 atom stereocenters. The van der Waals surface area contributed by atoms with Gasteiger partial charge in [0.15, 0.2) is 0 Å². The number of rotatable bonds is 4. The van der Waals surface area contributed by atoms with Crippen LogP contribution in [0.5, 0.6) is 5.75 Å². The summed E-state index contributed by atoms with van der Waals surface area (Å²) in [6.07, 6.45) is 5.02. The minimum atomic E-state index is -0.131. The van der Waals surface area contributed by atoms with Crippen LogP contribution in [0.1, 0.15) is 50.5 Å². The highest BCUT2D eigenvalue weighted by molar-refractivity contribution is 5.36. The molecule has 94 valence electrons. The maximum Gasteiger partial charge on any atom is 0.122 e. The summed E-state index contributed by atoms with van der Waals surface area (Å²) < 4.78 is 5.79. The molecule has 0 heterocycles. The maximum absolute atomic E-state index is 9.77. The highest BCUT2D eigenvalue weighted by atomic mass is 16.5. The second-order valence-electron chi connectivity index (χ2n) is 4.90. The molecule has 1 fully saturated rings. The summed E-state index contributed by atoms with van der Waals surface area (Å²) in [5, 5.41) is 9.77. The van der Waals surface area contributed by atoms with Crippen molar-refractivity contribution in [2.75, 3.05) is 6.61 Å². The van der Waals surface area contributed by atoms with E-state index in [0.29, 0.717) is 5.92 Å². The Hall–Kier alpha value is -1.02. The van der Waals surface area contributed by atoms with E-state index in [-0.39, 0.29) is 6.10 Å². The molecular weight excluding hydrogens is 212 g/mol. The fourth-order valence-electron chi connectivity index (χ4n) is 2.61. The molecule has 0 radical (unpaired) electrons. The molecule has 1 aromatic carbocycles. The van der Waals surface area contributed by atoms with Crippen LogP contribution >= 0.6 is 0 Å². The summed E-state index contributed by atoms with van der Waals surface area (Å²) in [5.74, 6) is 1.47. The van der Waals surface area contributed by atoms with Gasteiger partial charge in [-0.05, 0) is 43.2 Å². The van der Waals surface area contributed by atoms with E-state index >= 15 is 0 Å². The number of hydrogen-bond acceptors (Lipinski definition) is 2. The Kier molecular flexibility index (Phi) is 4.43. The molecule has 1 aromatic rings. The quantitative estimate of drug-likeness (QED) is 0.864. The Bertz CT molecular complexity index is 349. The Morgan fingerprint density at radius 3 is 2.88 bits per heavy atom. The van der Waals surface area contributed by atoms with E-state index in [1.165, 1.54) is 12.0 Å². The van der Waals surface area contributed by atoms with Crippen LogP contribution in [0.2, 0.25) is 0 Å². The first-order valence-electron chi connectivity index (χ1n) is 6.71. The molecule has 1 N–H and O–H groups in total. The van der Waals surface area contributed by atoms with Gasteiger partial charge in [0.2, 0.25) is 0 Å². The number of aliphatic hydroxyl groups excluding tert-OH is 1. The minimum Gasteiger partial charge on any atom is -0.493 e. The average Bonchev–Trinajstić information content (AvgIpc) is 2.37. The van der Waals surface area contributed by atoms with E-state index in [9.17, 15) is 5.11 Å². The second-order valence-corrected chi connectivity index (χ2v) is 4.90. The largest absolute Gasteiger partial charge is 0.493 e. The van der Waals surface area contributed by atoms with Crippen LogP contribution in [0.15, 0.2) is 24.3 Å². The summed E-state index contributed by atoms with van der Waals surface area (Å²) in [4.78, 5) is 0. The third-order valence-corrected chi connectivity index (χ3v) is 3.47. The summed E-state index contributed by atoms with van der Waals surface area (Å²) in [6, 6.07) is 8.28. The fraction of sp³-hybridized carbons (Fsp3) is 0.600. The highest BCUT2D eigenvalue weighted by Gasteiger charge is 2.23. The lowest BCUT2D eigenvalue weighted by molar-refractivity contribution is 0.119. The van der Waals surface area contributed by atoms with Crippen LogP contribution in [0.3, 0.4) is 0 Å². The van der Waals surface area contributed by atoms with Crippen LogP contribution in [0.4, 0.5) is 0 Å². The van der Waals surface area contributed by atoms with Gasteiger partial charge in [-0.15, -0.1) is 0 Å². The lowest BCUT2D eigenvalue weighted by Crippen LogP contribution is -2.18. The molecule has 0 bridgehead atoms. The molecule has 1 aliphatic rings. The van der Waals surface area contributed by atoms with Crippen molar-refractivity contribution in [3.8, 4) is 5.75 Å². The van der Waals surface area contributed by atoms with Crippen molar-refractivity contribution in [2.45, 2.75) is 51.0 Å². The highest BCUT2D eigenvalue weighted by Crippen LogP contribution is 2.37. The molecule has 2 rings (SSSR count). The van der Waals surface area contributed by atoms with Gasteiger partial charge in [0.1, 0.15) is 5.75 Å². The van der Waals surface area contributed by atoms with Crippen LogP contribution in [0.25, 0.3) is 0 Å². The monoisotopic (exact) mass is 234 g/mol. The molecule has 2 heteroatoms. The van der Waals surface area contributed by atoms with Crippen molar-refractivity contribution in [3.63, 3.8) is 0 Å². The maximum atomic E-state index is 9.77. The first-order valence-corrected chi connectivity index (χ1v) is 6.71. The van der Waals surface area contributed by atoms with E-state index < -0.39 is 0 Å². The number of para-hydroxylation sites is 1. The SMILES string of the molecule is CCCOc1ccccc1C1CCCC(O)C1. The molecular formula is C15H22O2. The van der Waals surface area contributed by atoms with Gasteiger partial charge in [-0.3, -0.25) is 0 Å². The Balaban J connectivity index is 2.12. The molecule has 17 heavy (non-hydrogen) atoms. The fourth-order valence-corrected chi connectivity index (χ4v) is 2.61. The van der Waals surface area contributed by atoms with Gasteiger partial charge >= 0.3 is 0 Å². The van der Waals surface area contributed by atoms with Gasteiger partial charge in [-0.2, -0.15) is 0 Å². The van der Waals surface area contributed by atoms with Gasteiger partial charge in [0.05, 0.1) is 12.7 Å². The lowest BCUT2D eigenvalue weighted by atomic mass is 9.82. The molecule has 1 saturated carbocycles. The standard InChI is InChI=1S/C15H22O2/c1-2-10-17-15-9-4-3-8-14(15)12-6-5-7-13(16)11-12/h3-4,8-9,12-13,16H,2,5-7,10-11H2,1H3. The third kappa shape index (κ3) is 3.22. The molecule has 0 amide bonds. The van der Waals surface area contributed by atoms with Crippen molar-refractivity contribution in [1.29, 1.82) is 0 Å². The van der Waals surface area contributed by atoms with Gasteiger partial charge in [-0.1, -0.05) is 31.5 Å². The van der Waals surface area contributed by atoms with Crippen molar-refractivity contribution in [1.82, 2.24) is 0 Å². The van der Waals surface area contributed by atoms with E-state index in [0.717, 1.165) is 38.0 Å². The zero-order valence-electron chi connectivity index (χ0n) is 10.6. The van der Waals surface area contributed by atoms with Crippen molar-refractivity contribution in [2.24, 2.45) is 0 Å². The topological polar surface area (TPSA) is 29.5 Å². The smallest absolute Gasteiger partial charge is 0.122 e. The molecule has 0 saturated heterocycles. The molecule has 0 spiro atoms. The van der Waals surface area contributed by atoms with Crippen molar-refractivity contribution in [3.05, 3.63) is 29.8 Å². The van der Waals surface area contributed by atoms with E-state index in [2.05, 4.69) is 19.1 Å². The zero-order chi connectivity index (χ0) is 12.1. The number of hydrogen-bond donors (Lipinski definition) is 1. The van der Waals surface area contributed by atoms with E-state index in [1.54, 1.807) is 0 Å². The first-order chi connectivity index (χ1) is 8.31. The lowest BCUT2D eigenvalue weighted by Gasteiger charge is -2.27.